The van der Waals surface area contributed by atoms with E-state index in [1.54, 1.807) is 6.08 Å². The number of rotatable bonds is 1. The lowest BCUT2D eigenvalue weighted by Gasteiger charge is -1.90. The first-order chi connectivity index (χ1) is 6.65. The monoisotopic (exact) mass is 272 g/mol. The van der Waals surface area contributed by atoms with Crippen LogP contribution < -0.4 is 10.6 Å². The third-order valence-electron chi connectivity index (χ3n) is 1.60. The Morgan fingerprint density at radius 3 is 2.57 bits per heavy atom. The van der Waals surface area contributed by atoms with Crippen LogP contribution >= 0.6 is 27.3 Å². The molecule has 1 aromatic rings. The van der Waals surface area contributed by atoms with Crippen molar-refractivity contribution >= 4 is 45.3 Å². The molecule has 0 bridgehead atoms. The quantitative estimate of drug-likeness (QED) is 0.604. The molecule has 1 aliphatic rings. The maximum Gasteiger partial charge on any atom is 0.326 e. The van der Waals surface area contributed by atoms with Gasteiger partial charge in [-0.3, -0.25) is 10.1 Å². The molecule has 2 rings (SSSR count). The number of halogens is 1. The van der Waals surface area contributed by atoms with Gasteiger partial charge >= 0.3 is 6.03 Å². The summed E-state index contributed by atoms with van der Waals surface area (Å²) in [5.41, 5.74) is 0.282. The van der Waals surface area contributed by atoms with E-state index < -0.39 is 6.03 Å². The van der Waals surface area contributed by atoms with Gasteiger partial charge in [0, 0.05) is 4.88 Å². The molecular weight excluding hydrogens is 268 g/mol. The number of nitrogens with one attached hydrogen (secondary N) is 2. The van der Waals surface area contributed by atoms with Crippen LogP contribution in [0.25, 0.3) is 6.08 Å². The predicted octanol–water partition coefficient (Wildman–Crippen LogP) is 1.69. The number of hydrogen-bond acceptors (Lipinski definition) is 3. The Kier molecular flexibility index (Phi) is 2.39. The molecule has 1 saturated heterocycles. The summed E-state index contributed by atoms with van der Waals surface area (Å²) >= 11 is 4.80. The van der Waals surface area contributed by atoms with Gasteiger partial charge in [0.15, 0.2) is 0 Å². The van der Waals surface area contributed by atoms with Crippen LogP contribution in [0.5, 0.6) is 0 Å². The third-order valence-corrected chi connectivity index (χ3v) is 3.17. The fraction of sp³-hybridized carbons (Fsp3) is 0. The molecule has 0 unspecified atom stereocenters. The molecule has 0 spiro atoms. The molecule has 2 heterocycles. The number of thiophene rings is 1. The van der Waals surface area contributed by atoms with E-state index in [9.17, 15) is 9.59 Å². The van der Waals surface area contributed by atoms with Gasteiger partial charge in [-0.2, -0.15) is 0 Å². The van der Waals surface area contributed by atoms with Crippen molar-refractivity contribution in [3.63, 3.8) is 0 Å². The van der Waals surface area contributed by atoms with Crippen molar-refractivity contribution in [1.29, 1.82) is 0 Å². The van der Waals surface area contributed by atoms with E-state index in [4.69, 9.17) is 0 Å². The molecule has 0 saturated carbocycles. The molecule has 6 heteroatoms. The number of amides is 3. The molecule has 1 aliphatic heterocycles. The SMILES string of the molecule is O=C1NC(=O)/C(=C/c2ccc(Br)s2)N1. The molecule has 0 atom stereocenters. The molecule has 72 valence electrons. The van der Waals surface area contributed by atoms with Gasteiger partial charge in [-0.1, -0.05) is 0 Å². The average molecular weight is 273 g/mol. The molecular formula is C8H5BrN2O2S. The Balaban J connectivity index is 2.27. The summed E-state index contributed by atoms with van der Waals surface area (Å²) in [5, 5.41) is 4.54. The molecule has 3 amide bonds. The van der Waals surface area contributed by atoms with Crippen LogP contribution in [0, 0.1) is 0 Å². The predicted molar refractivity (Wildman–Crippen MR) is 56.7 cm³/mol. The first-order valence-corrected chi connectivity index (χ1v) is 5.35. The lowest BCUT2D eigenvalue weighted by molar-refractivity contribution is -0.115. The second kappa shape index (κ2) is 3.55. The molecule has 1 fully saturated rings. The summed E-state index contributed by atoms with van der Waals surface area (Å²) in [6, 6.07) is 3.27. The van der Waals surface area contributed by atoms with Gasteiger partial charge in [-0.15, -0.1) is 11.3 Å². The van der Waals surface area contributed by atoms with Gasteiger partial charge in [0.25, 0.3) is 5.91 Å². The normalized spacial score (nSPS) is 18.5. The molecule has 14 heavy (non-hydrogen) atoms. The minimum Gasteiger partial charge on any atom is -0.303 e. The highest BCUT2D eigenvalue weighted by Crippen LogP contribution is 2.24. The van der Waals surface area contributed by atoms with E-state index in [1.807, 2.05) is 12.1 Å². The molecule has 0 aromatic carbocycles. The van der Waals surface area contributed by atoms with Crippen molar-refractivity contribution < 1.29 is 9.59 Å². The van der Waals surface area contributed by atoms with E-state index in [2.05, 4.69) is 26.6 Å². The van der Waals surface area contributed by atoms with Crippen molar-refractivity contribution in [2.75, 3.05) is 0 Å². The van der Waals surface area contributed by atoms with Gasteiger partial charge in [0.2, 0.25) is 0 Å². The molecule has 1 aromatic heterocycles. The van der Waals surface area contributed by atoms with Gasteiger partial charge in [0.05, 0.1) is 3.79 Å². The maximum absolute atomic E-state index is 11.1. The highest BCUT2D eigenvalue weighted by molar-refractivity contribution is 9.11. The van der Waals surface area contributed by atoms with Crippen molar-refractivity contribution in [3.05, 3.63) is 26.5 Å². The van der Waals surface area contributed by atoms with E-state index >= 15 is 0 Å². The minimum absolute atomic E-state index is 0.282. The fourth-order valence-electron chi connectivity index (χ4n) is 1.03. The average Bonchev–Trinajstić information content (AvgIpc) is 2.61. The van der Waals surface area contributed by atoms with E-state index in [1.165, 1.54) is 11.3 Å². The summed E-state index contributed by atoms with van der Waals surface area (Å²) in [5.74, 6) is -0.389. The van der Waals surface area contributed by atoms with Gasteiger partial charge in [0.1, 0.15) is 5.70 Å². The van der Waals surface area contributed by atoms with E-state index in [0.29, 0.717) is 0 Å². The zero-order valence-electron chi connectivity index (χ0n) is 6.83. The van der Waals surface area contributed by atoms with Gasteiger partial charge in [-0.25, -0.2) is 4.79 Å². The van der Waals surface area contributed by atoms with Crippen molar-refractivity contribution in [2.24, 2.45) is 0 Å². The first kappa shape index (κ1) is 9.42. The van der Waals surface area contributed by atoms with Gasteiger partial charge < -0.3 is 5.32 Å². The summed E-state index contributed by atoms with van der Waals surface area (Å²) in [4.78, 5) is 22.8. The largest absolute Gasteiger partial charge is 0.326 e. The smallest absolute Gasteiger partial charge is 0.303 e. The van der Waals surface area contributed by atoms with Crippen LogP contribution in [-0.2, 0) is 4.79 Å². The fourth-order valence-corrected chi connectivity index (χ4v) is 2.40. The Bertz CT molecular complexity index is 438. The Labute approximate surface area is 92.1 Å². The molecule has 0 aliphatic carbocycles. The number of urea groups is 1. The van der Waals surface area contributed by atoms with Crippen molar-refractivity contribution in [1.82, 2.24) is 10.6 Å². The topological polar surface area (TPSA) is 58.2 Å². The highest BCUT2D eigenvalue weighted by Gasteiger charge is 2.22. The van der Waals surface area contributed by atoms with Crippen LogP contribution in [0.2, 0.25) is 0 Å². The maximum atomic E-state index is 11.1. The number of carbonyl (C=O) groups is 2. The number of carbonyl (C=O) groups excluding carboxylic acids is 2. The summed E-state index contributed by atoms with van der Waals surface area (Å²) in [6.45, 7) is 0. The summed E-state index contributed by atoms with van der Waals surface area (Å²) in [7, 11) is 0. The zero-order valence-corrected chi connectivity index (χ0v) is 9.24. The molecule has 2 N–H and O–H groups in total. The Morgan fingerprint density at radius 2 is 2.07 bits per heavy atom. The van der Waals surface area contributed by atoms with Crippen LogP contribution in [0.1, 0.15) is 4.88 Å². The Morgan fingerprint density at radius 1 is 1.29 bits per heavy atom. The van der Waals surface area contributed by atoms with Crippen molar-refractivity contribution in [3.8, 4) is 0 Å². The Hall–Kier alpha value is -1.14. The van der Waals surface area contributed by atoms with E-state index in [0.717, 1.165) is 8.66 Å². The highest BCUT2D eigenvalue weighted by atomic mass is 79.9. The molecule has 0 radical (unpaired) electrons. The standard InChI is InChI=1S/C8H5BrN2O2S/c9-6-2-1-4(14-6)3-5-7(12)11-8(13)10-5/h1-3H,(H2,10,11,12,13)/b5-3-. The number of hydrogen-bond donors (Lipinski definition) is 2. The zero-order chi connectivity index (χ0) is 10.1. The number of imide groups is 1. The lowest BCUT2D eigenvalue weighted by atomic mass is 10.3. The summed E-state index contributed by atoms with van der Waals surface area (Å²) < 4.78 is 0.981. The van der Waals surface area contributed by atoms with Crippen LogP contribution in [0.3, 0.4) is 0 Å². The molecule has 4 nitrogen and oxygen atoms in total. The van der Waals surface area contributed by atoms with Crippen LogP contribution in [0.15, 0.2) is 21.6 Å². The van der Waals surface area contributed by atoms with Crippen LogP contribution in [0.4, 0.5) is 4.79 Å². The lowest BCUT2D eigenvalue weighted by Crippen LogP contribution is -2.22. The van der Waals surface area contributed by atoms with Crippen LogP contribution in [-0.4, -0.2) is 11.9 Å². The second-order valence-corrected chi connectivity index (χ2v) is 5.10. The third kappa shape index (κ3) is 1.85. The first-order valence-electron chi connectivity index (χ1n) is 3.74. The van der Waals surface area contributed by atoms with Gasteiger partial charge in [-0.05, 0) is 34.1 Å². The summed E-state index contributed by atoms with van der Waals surface area (Å²) in [6.07, 6.45) is 1.63. The minimum atomic E-state index is -0.475. The van der Waals surface area contributed by atoms with E-state index in [-0.39, 0.29) is 11.6 Å². The second-order valence-electron chi connectivity index (χ2n) is 2.61. The van der Waals surface area contributed by atoms with Crippen molar-refractivity contribution in [2.45, 2.75) is 0 Å².